The van der Waals surface area contributed by atoms with Gasteiger partial charge in [0.15, 0.2) is 11.9 Å². The molecule has 0 radical (unpaired) electrons. The molecule has 0 saturated heterocycles. The van der Waals surface area contributed by atoms with Crippen molar-refractivity contribution >= 4 is 35.3 Å². The second-order valence-electron chi connectivity index (χ2n) is 7.97. The quantitative estimate of drug-likeness (QED) is 0.267. The summed E-state index contributed by atoms with van der Waals surface area (Å²) in [5.41, 5.74) is 0.833. The van der Waals surface area contributed by atoms with Crippen molar-refractivity contribution in [3.05, 3.63) is 58.1 Å². The van der Waals surface area contributed by atoms with Crippen molar-refractivity contribution < 1.29 is 28.9 Å². The molecule has 192 valence electrons. The Balaban J connectivity index is 1.93. The number of rotatable bonds is 15. The van der Waals surface area contributed by atoms with Crippen LogP contribution in [0.2, 0.25) is 10.0 Å². The van der Waals surface area contributed by atoms with Gasteiger partial charge in [-0.25, -0.2) is 9.59 Å². The fourth-order valence-corrected chi connectivity index (χ4v) is 3.82. The van der Waals surface area contributed by atoms with Crippen LogP contribution in [0.25, 0.3) is 0 Å². The van der Waals surface area contributed by atoms with E-state index in [9.17, 15) is 14.7 Å². The number of amides is 1. The number of carbonyl (C=O) groups excluding carboxylic acids is 1. The first-order valence-electron chi connectivity index (χ1n) is 11.8. The van der Waals surface area contributed by atoms with Gasteiger partial charge < -0.3 is 24.2 Å². The van der Waals surface area contributed by atoms with Crippen LogP contribution >= 0.6 is 23.2 Å². The molecule has 35 heavy (non-hydrogen) atoms. The number of aliphatic carboxylic acids is 1. The number of unbranched alkanes of at least 4 members (excludes halogenated alkanes) is 3. The summed E-state index contributed by atoms with van der Waals surface area (Å²) >= 11 is 12.1. The number of carboxylic acid groups (broad SMARTS) is 1. The van der Waals surface area contributed by atoms with E-state index in [1.165, 1.54) is 6.07 Å². The summed E-state index contributed by atoms with van der Waals surface area (Å²) < 4.78 is 16.6. The first kappa shape index (κ1) is 28.8. The first-order chi connectivity index (χ1) is 16.8. The fraction of sp³-hybridized carbons (Fsp3) is 0.462. The number of nitrogens with zero attached hydrogens (tertiary/aromatic N) is 1. The van der Waals surface area contributed by atoms with Crippen LogP contribution in [-0.4, -0.2) is 54.5 Å². The van der Waals surface area contributed by atoms with Crippen molar-refractivity contribution in [2.75, 3.05) is 26.3 Å². The molecule has 0 aliphatic carbocycles. The summed E-state index contributed by atoms with van der Waals surface area (Å²) in [6.07, 6.45) is 2.96. The van der Waals surface area contributed by atoms with Gasteiger partial charge in [0.2, 0.25) is 0 Å². The normalized spacial score (nSPS) is 11.7. The second-order valence-corrected chi connectivity index (χ2v) is 8.81. The first-order valence-corrected chi connectivity index (χ1v) is 12.6. The highest BCUT2D eigenvalue weighted by atomic mass is 35.5. The Morgan fingerprint density at radius 1 is 1.00 bits per heavy atom. The number of carbonyl (C=O) groups is 2. The van der Waals surface area contributed by atoms with Crippen LogP contribution in [0.1, 0.15) is 45.1 Å². The van der Waals surface area contributed by atoms with Crippen LogP contribution in [0.4, 0.5) is 4.79 Å². The Hall–Kier alpha value is -2.48. The largest absolute Gasteiger partial charge is 0.492 e. The average molecular weight is 526 g/mol. The number of benzene rings is 2. The monoisotopic (exact) mass is 525 g/mol. The molecule has 0 fully saturated rings. The predicted octanol–water partition coefficient (Wildman–Crippen LogP) is 6.49. The lowest BCUT2D eigenvalue weighted by molar-refractivity contribution is -0.149. The minimum atomic E-state index is -0.988. The van der Waals surface area contributed by atoms with Crippen LogP contribution in [0.15, 0.2) is 42.5 Å². The van der Waals surface area contributed by atoms with E-state index in [0.29, 0.717) is 30.5 Å². The number of carboxylic acids is 1. The predicted molar refractivity (Wildman–Crippen MR) is 137 cm³/mol. The smallest absolute Gasteiger partial charge is 0.415 e. The summed E-state index contributed by atoms with van der Waals surface area (Å²) in [5, 5.41) is 9.97. The van der Waals surface area contributed by atoms with Crippen molar-refractivity contribution in [2.45, 2.75) is 52.1 Å². The van der Waals surface area contributed by atoms with E-state index in [2.05, 4.69) is 6.92 Å². The van der Waals surface area contributed by atoms with E-state index in [-0.39, 0.29) is 23.8 Å². The third kappa shape index (κ3) is 10.3. The Morgan fingerprint density at radius 3 is 2.37 bits per heavy atom. The van der Waals surface area contributed by atoms with Gasteiger partial charge in [0, 0.05) is 24.6 Å². The number of ether oxygens (including phenoxy) is 3. The number of hydrogen-bond acceptors (Lipinski definition) is 5. The van der Waals surface area contributed by atoms with Gasteiger partial charge in [-0.15, -0.1) is 0 Å². The molecule has 1 amide bonds. The Morgan fingerprint density at radius 2 is 1.74 bits per heavy atom. The molecule has 0 aliphatic rings. The maximum atomic E-state index is 12.8. The maximum absolute atomic E-state index is 12.8. The molecule has 7 nitrogen and oxygen atoms in total. The van der Waals surface area contributed by atoms with Crippen molar-refractivity contribution in [3.63, 3.8) is 0 Å². The lowest BCUT2D eigenvalue weighted by Gasteiger charge is -2.22. The maximum Gasteiger partial charge on any atom is 0.415 e. The zero-order chi connectivity index (χ0) is 25.6. The van der Waals surface area contributed by atoms with E-state index >= 15 is 0 Å². The Bertz CT molecular complexity index is 938. The lowest BCUT2D eigenvalue weighted by atomic mass is 10.1. The van der Waals surface area contributed by atoms with Gasteiger partial charge in [-0.2, -0.15) is 0 Å². The zero-order valence-corrected chi connectivity index (χ0v) is 21.7. The van der Waals surface area contributed by atoms with E-state index in [4.69, 9.17) is 37.4 Å². The molecule has 0 heterocycles. The summed E-state index contributed by atoms with van der Waals surface area (Å²) in [5.74, 6) is -0.113. The molecular formula is C26H33Cl2NO6. The van der Waals surface area contributed by atoms with Crippen molar-refractivity contribution in [2.24, 2.45) is 0 Å². The van der Waals surface area contributed by atoms with Gasteiger partial charge in [-0.3, -0.25) is 0 Å². The summed E-state index contributed by atoms with van der Waals surface area (Å²) in [6.45, 7) is 5.38. The van der Waals surface area contributed by atoms with Gasteiger partial charge in [-0.1, -0.05) is 61.5 Å². The van der Waals surface area contributed by atoms with Crippen LogP contribution in [-0.2, 0) is 16.0 Å². The van der Waals surface area contributed by atoms with Gasteiger partial charge in [0.1, 0.15) is 12.4 Å². The third-order valence-electron chi connectivity index (χ3n) is 5.25. The SMILES string of the molecule is CCCCCCN(CCOc1ccc(CC(OCC)C(=O)O)cc1)C(=O)Oc1ccc(Cl)cc1Cl. The second kappa shape index (κ2) is 15.5. The molecule has 0 aromatic heterocycles. The topological polar surface area (TPSA) is 85.3 Å². The van der Waals surface area contributed by atoms with Gasteiger partial charge in [0.05, 0.1) is 11.6 Å². The van der Waals surface area contributed by atoms with Gasteiger partial charge in [0.25, 0.3) is 0 Å². The van der Waals surface area contributed by atoms with E-state index in [1.807, 2.05) is 12.1 Å². The summed E-state index contributed by atoms with van der Waals surface area (Å²) in [7, 11) is 0. The molecule has 1 atom stereocenters. The molecule has 1 unspecified atom stereocenters. The average Bonchev–Trinajstić information content (AvgIpc) is 2.83. The molecule has 0 spiro atoms. The molecule has 2 rings (SSSR count). The number of hydrogen-bond donors (Lipinski definition) is 1. The van der Waals surface area contributed by atoms with E-state index in [1.54, 1.807) is 36.1 Å². The van der Waals surface area contributed by atoms with E-state index in [0.717, 1.165) is 31.2 Å². The highest BCUT2D eigenvalue weighted by Gasteiger charge is 2.19. The molecular weight excluding hydrogens is 493 g/mol. The molecule has 2 aromatic carbocycles. The molecule has 9 heteroatoms. The molecule has 0 saturated carbocycles. The molecule has 2 aromatic rings. The van der Waals surface area contributed by atoms with Crippen LogP contribution < -0.4 is 9.47 Å². The van der Waals surface area contributed by atoms with Crippen LogP contribution in [0.3, 0.4) is 0 Å². The van der Waals surface area contributed by atoms with Crippen molar-refractivity contribution in [1.29, 1.82) is 0 Å². The van der Waals surface area contributed by atoms with Crippen molar-refractivity contribution in [3.8, 4) is 11.5 Å². The summed E-state index contributed by atoms with van der Waals surface area (Å²) in [6, 6.07) is 11.9. The standard InChI is InChI=1S/C26H33Cl2NO6/c1-3-5-6-7-14-29(26(32)35-23-13-10-20(27)18-22(23)28)15-16-34-21-11-8-19(9-12-21)17-24(25(30)31)33-4-2/h8-13,18,24H,3-7,14-17H2,1-2H3,(H,30,31). The lowest BCUT2D eigenvalue weighted by Crippen LogP contribution is -2.37. The molecule has 0 aliphatic heterocycles. The third-order valence-corrected chi connectivity index (χ3v) is 5.78. The molecule has 1 N–H and O–H groups in total. The fourth-order valence-electron chi connectivity index (χ4n) is 3.37. The van der Waals surface area contributed by atoms with Crippen molar-refractivity contribution in [1.82, 2.24) is 4.90 Å². The zero-order valence-electron chi connectivity index (χ0n) is 20.2. The summed E-state index contributed by atoms with van der Waals surface area (Å²) in [4.78, 5) is 25.7. The van der Waals surface area contributed by atoms with Gasteiger partial charge >= 0.3 is 12.1 Å². The number of halogens is 2. The minimum Gasteiger partial charge on any atom is -0.492 e. The Kier molecular flexibility index (Phi) is 12.7. The molecule has 0 bridgehead atoms. The highest BCUT2D eigenvalue weighted by molar-refractivity contribution is 6.35. The Labute approximate surface area is 216 Å². The van der Waals surface area contributed by atoms with E-state index < -0.39 is 18.2 Å². The highest BCUT2D eigenvalue weighted by Crippen LogP contribution is 2.28. The van der Waals surface area contributed by atoms with Crippen LogP contribution in [0, 0.1) is 0 Å². The van der Waals surface area contributed by atoms with Crippen LogP contribution in [0.5, 0.6) is 11.5 Å². The van der Waals surface area contributed by atoms with Gasteiger partial charge in [-0.05, 0) is 49.2 Å². The minimum absolute atomic E-state index is 0.253.